The first kappa shape index (κ1) is 17.3. The number of nitrogens with zero attached hydrogens (tertiary/aromatic N) is 4. The fourth-order valence-corrected chi connectivity index (χ4v) is 3.80. The third kappa shape index (κ3) is 4.51. The van der Waals surface area contributed by atoms with Crippen LogP contribution in [0.25, 0.3) is 0 Å². The van der Waals surface area contributed by atoms with Gasteiger partial charge in [-0.1, -0.05) is 25.3 Å². The Balaban J connectivity index is 1.46. The second-order valence-corrected chi connectivity index (χ2v) is 7.03. The van der Waals surface area contributed by atoms with Gasteiger partial charge in [-0.2, -0.15) is 5.10 Å². The fourth-order valence-electron chi connectivity index (χ4n) is 3.57. The first-order valence-electron chi connectivity index (χ1n) is 8.99. The largest absolute Gasteiger partial charge is 0.345 e. The lowest BCUT2D eigenvalue weighted by Gasteiger charge is -2.41. The molecule has 0 bridgehead atoms. The molecule has 1 N–H and O–H groups in total. The molecule has 0 aromatic carbocycles. The molecule has 5 nitrogen and oxygen atoms in total. The molecule has 6 heteroatoms. The quantitative estimate of drug-likeness (QED) is 0.518. The number of nitrogens with one attached hydrogen (secondary N) is 1. The molecule has 1 saturated heterocycles. The van der Waals surface area contributed by atoms with Crippen LogP contribution in [0.15, 0.2) is 29.5 Å². The van der Waals surface area contributed by atoms with Crippen LogP contribution in [0.4, 0.5) is 0 Å². The zero-order valence-electron chi connectivity index (χ0n) is 14.4. The second-order valence-electron chi connectivity index (χ2n) is 6.64. The molecule has 3 rings (SSSR count). The summed E-state index contributed by atoms with van der Waals surface area (Å²) in [5, 5.41) is 5.10. The maximum atomic E-state index is 5.51. The first-order valence-corrected chi connectivity index (χ1v) is 9.39. The van der Waals surface area contributed by atoms with Crippen LogP contribution in [-0.2, 0) is 0 Å². The maximum Gasteiger partial charge on any atom is 0.189 e. The number of hydrogen-bond acceptors (Lipinski definition) is 4. The highest BCUT2D eigenvalue weighted by atomic mass is 32.1. The SMILES string of the molecule is C/C(=N/NC(=S)N1CCN(C2CCCCC2)CC1)c1ccccn1. The van der Waals surface area contributed by atoms with E-state index in [2.05, 4.69) is 25.3 Å². The summed E-state index contributed by atoms with van der Waals surface area (Å²) in [7, 11) is 0. The van der Waals surface area contributed by atoms with Gasteiger partial charge >= 0.3 is 0 Å². The van der Waals surface area contributed by atoms with Crippen molar-refractivity contribution in [1.29, 1.82) is 0 Å². The number of rotatable bonds is 3. The van der Waals surface area contributed by atoms with Gasteiger partial charge in [0.15, 0.2) is 5.11 Å². The Labute approximate surface area is 150 Å². The van der Waals surface area contributed by atoms with Crippen LogP contribution >= 0.6 is 12.2 Å². The Morgan fingerprint density at radius 1 is 1.17 bits per heavy atom. The monoisotopic (exact) mass is 345 g/mol. The lowest BCUT2D eigenvalue weighted by Crippen LogP contribution is -2.53. The topological polar surface area (TPSA) is 43.8 Å². The van der Waals surface area contributed by atoms with Gasteiger partial charge in [-0.05, 0) is 44.1 Å². The maximum absolute atomic E-state index is 5.51. The lowest BCUT2D eigenvalue weighted by atomic mass is 9.94. The van der Waals surface area contributed by atoms with E-state index in [1.54, 1.807) is 6.20 Å². The van der Waals surface area contributed by atoms with Gasteiger partial charge in [-0.15, -0.1) is 0 Å². The van der Waals surface area contributed by atoms with Crippen LogP contribution in [0.1, 0.15) is 44.7 Å². The van der Waals surface area contributed by atoms with Gasteiger partial charge in [0.1, 0.15) is 0 Å². The van der Waals surface area contributed by atoms with Crippen molar-refractivity contribution in [3.05, 3.63) is 30.1 Å². The number of piperazine rings is 1. The molecule has 1 aliphatic heterocycles. The number of thiocarbonyl (C=S) groups is 1. The molecule has 2 aliphatic rings. The third-order valence-corrected chi connectivity index (χ3v) is 5.40. The highest BCUT2D eigenvalue weighted by molar-refractivity contribution is 7.80. The van der Waals surface area contributed by atoms with E-state index in [1.165, 1.54) is 32.1 Å². The predicted molar refractivity (Wildman–Crippen MR) is 102 cm³/mol. The Morgan fingerprint density at radius 2 is 1.92 bits per heavy atom. The minimum Gasteiger partial charge on any atom is -0.345 e. The van der Waals surface area contributed by atoms with Gasteiger partial charge in [-0.25, -0.2) is 0 Å². The average Bonchev–Trinajstić information content (AvgIpc) is 2.67. The van der Waals surface area contributed by atoms with Gasteiger partial charge < -0.3 is 4.90 Å². The molecule has 0 amide bonds. The van der Waals surface area contributed by atoms with E-state index in [1.807, 2.05) is 25.1 Å². The molecule has 1 aliphatic carbocycles. The summed E-state index contributed by atoms with van der Waals surface area (Å²) >= 11 is 5.51. The van der Waals surface area contributed by atoms with Gasteiger partial charge in [0.25, 0.3) is 0 Å². The van der Waals surface area contributed by atoms with Crippen molar-refractivity contribution < 1.29 is 0 Å². The second kappa shape index (κ2) is 8.53. The van der Waals surface area contributed by atoms with Crippen molar-refractivity contribution in [1.82, 2.24) is 20.2 Å². The molecule has 24 heavy (non-hydrogen) atoms. The van der Waals surface area contributed by atoms with E-state index in [-0.39, 0.29) is 0 Å². The minimum absolute atomic E-state index is 0.716. The minimum atomic E-state index is 0.716. The van der Waals surface area contributed by atoms with Gasteiger partial charge in [0.05, 0.1) is 11.4 Å². The molecule has 0 unspecified atom stereocenters. The zero-order valence-corrected chi connectivity index (χ0v) is 15.3. The zero-order chi connectivity index (χ0) is 16.8. The third-order valence-electron chi connectivity index (χ3n) is 5.05. The highest BCUT2D eigenvalue weighted by Crippen LogP contribution is 2.23. The summed E-state index contributed by atoms with van der Waals surface area (Å²) in [6.45, 7) is 6.13. The van der Waals surface area contributed by atoms with Crippen LogP contribution in [0.3, 0.4) is 0 Å². The van der Waals surface area contributed by atoms with Crippen molar-refractivity contribution in [3.63, 3.8) is 0 Å². The molecule has 2 heterocycles. The van der Waals surface area contributed by atoms with Crippen molar-refractivity contribution in [2.75, 3.05) is 26.2 Å². The number of hydrazone groups is 1. The standard InChI is InChI=1S/C18H27N5S/c1-15(17-9-5-6-10-19-17)20-21-18(24)23-13-11-22(12-14-23)16-7-3-2-4-8-16/h5-6,9-10,16H,2-4,7-8,11-14H2,1H3,(H,21,24)/b20-15-. The van der Waals surface area contributed by atoms with Crippen LogP contribution in [-0.4, -0.2) is 57.8 Å². The molecule has 130 valence electrons. The first-order chi connectivity index (χ1) is 11.7. The Hall–Kier alpha value is -1.53. The Morgan fingerprint density at radius 3 is 2.58 bits per heavy atom. The van der Waals surface area contributed by atoms with Gasteiger partial charge in [-0.3, -0.25) is 15.3 Å². The van der Waals surface area contributed by atoms with Crippen molar-refractivity contribution >= 4 is 23.0 Å². The van der Waals surface area contributed by atoms with E-state index >= 15 is 0 Å². The van der Waals surface area contributed by atoms with E-state index in [9.17, 15) is 0 Å². The molecule has 0 radical (unpaired) electrons. The number of hydrogen-bond donors (Lipinski definition) is 1. The molecule has 1 aromatic rings. The number of aromatic nitrogens is 1. The van der Waals surface area contributed by atoms with Crippen LogP contribution in [0.5, 0.6) is 0 Å². The van der Waals surface area contributed by atoms with E-state index in [0.29, 0.717) is 5.11 Å². The Kier molecular flexibility index (Phi) is 6.15. The van der Waals surface area contributed by atoms with Crippen molar-refractivity contribution in [3.8, 4) is 0 Å². The highest BCUT2D eigenvalue weighted by Gasteiger charge is 2.25. The lowest BCUT2D eigenvalue weighted by molar-refractivity contribution is 0.107. The molecule has 1 aromatic heterocycles. The summed E-state index contributed by atoms with van der Waals surface area (Å²) in [4.78, 5) is 9.18. The van der Waals surface area contributed by atoms with E-state index in [0.717, 1.165) is 43.6 Å². The normalized spacial score (nSPS) is 20.9. The Bertz CT molecular complexity index is 560. The summed E-state index contributed by atoms with van der Waals surface area (Å²) in [6.07, 6.45) is 8.72. The van der Waals surface area contributed by atoms with E-state index in [4.69, 9.17) is 12.2 Å². The summed E-state index contributed by atoms with van der Waals surface area (Å²) in [5.41, 5.74) is 4.75. The van der Waals surface area contributed by atoms with Gasteiger partial charge in [0.2, 0.25) is 0 Å². The summed E-state index contributed by atoms with van der Waals surface area (Å²) in [5.74, 6) is 0. The molecule has 2 fully saturated rings. The van der Waals surface area contributed by atoms with Crippen molar-refractivity contribution in [2.45, 2.75) is 45.1 Å². The molecular weight excluding hydrogens is 318 g/mol. The molecule has 0 atom stereocenters. The summed E-state index contributed by atoms with van der Waals surface area (Å²) < 4.78 is 0. The summed E-state index contributed by atoms with van der Waals surface area (Å²) in [6, 6.07) is 6.61. The number of pyridine rings is 1. The van der Waals surface area contributed by atoms with E-state index < -0.39 is 0 Å². The molecular formula is C18H27N5S. The smallest absolute Gasteiger partial charge is 0.189 e. The molecule has 0 spiro atoms. The van der Waals surface area contributed by atoms with Crippen molar-refractivity contribution in [2.24, 2.45) is 5.10 Å². The van der Waals surface area contributed by atoms with Crippen LogP contribution < -0.4 is 5.43 Å². The van der Waals surface area contributed by atoms with Gasteiger partial charge in [0, 0.05) is 38.4 Å². The fraction of sp³-hybridized carbons (Fsp3) is 0.611. The van der Waals surface area contributed by atoms with Crippen LogP contribution in [0.2, 0.25) is 0 Å². The molecule has 1 saturated carbocycles. The predicted octanol–water partition coefficient (Wildman–Crippen LogP) is 2.63. The van der Waals surface area contributed by atoms with Crippen LogP contribution in [0, 0.1) is 0 Å². The average molecular weight is 346 g/mol.